The van der Waals surface area contributed by atoms with Crippen molar-refractivity contribution in [1.29, 1.82) is 0 Å². The van der Waals surface area contributed by atoms with Crippen molar-refractivity contribution in [2.45, 2.75) is 25.9 Å². The van der Waals surface area contributed by atoms with Crippen LogP contribution >= 0.6 is 0 Å². The molecule has 1 aromatic carbocycles. The van der Waals surface area contributed by atoms with Gasteiger partial charge in [0.25, 0.3) is 0 Å². The van der Waals surface area contributed by atoms with Gasteiger partial charge in [0.05, 0.1) is 0 Å². The minimum atomic E-state index is 0.270. The molecule has 1 aliphatic rings. The van der Waals surface area contributed by atoms with Crippen molar-refractivity contribution in [1.82, 2.24) is 4.90 Å². The molecule has 3 heteroatoms. The van der Waals surface area contributed by atoms with Gasteiger partial charge >= 0.3 is 0 Å². The van der Waals surface area contributed by atoms with Gasteiger partial charge in [-0.1, -0.05) is 24.3 Å². The molecular formula is C13H18N2O. The van der Waals surface area contributed by atoms with Crippen LogP contribution in [0.3, 0.4) is 0 Å². The van der Waals surface area contributed by atoms with Gasteiger partial charge in [0, 0.05) is 26.1 Å². The Hall–Kier alpha value is -1.35. The lowest BCUT2D eigenvalue weighted by atomic mass is 10.1. The second kappa shape index (κ2) is 4.66. The van der Waals surface area contributed by atoms with E-state index in [1.165, 1.54) is 0 Å². The fourth-order valence-corrected chi connectivity index (χ4v) is 1.89. The molecule has 86 valence electrons. The Morgan fingerprint density at radius 3 is 2.56 bits per heavy atom. The summed E-state index contributed by atoms with van der Waals surface area (Å²) in [5, 5.41) is 0. The Kier molecular flexibility index (Phi) is 3.25. The Labute approximate surface area is 96.2 Å². The summed E-state index contributed by atoms with van der Waals surface area (Å²) < 4.78 is 0. The summed E-state index contributed by atoms with van der Waals surface area (Å²) in [6.07, 6.45) is 2.11. The van der Waals surface area contributed by atoms with Gasteiger partial charge < -0.3 is 10.6 Å². The molecule has 2 N–H and O–H groups in total. The highest BCUT2D eigenvalue weighted by Gasteiger charge is 2.31. The summed E-state index contributed by atoms with van der Waals surface area (Å²) in [5.74, 6) is 0.557. The third-order valence-corrected chi connectivity index (χ3v) is 3.05. The molecule has 1 saturated carbocycles. The summed E-state index contributed by atoms with van der Waals surface area (Å²) in [6.45, 7) is 1.20. The third-order valence-electron chi connectivity index (χ3n) is 3.05. The number of hydrogen-bond acceptors (Lipinski definition) is 2. The van der Waals surface area contributed by atoms with Crippen LogP contribution in [-0.4, -0.2) is 17.9 Å². The molecule has 0 heterocycles. The van der Waals surface area contributed by atoms with Gasteiger partial charge in [0.15, 0.2) is 0 Å². The highest BCUT2D eigenvalue weighted by molar-refractivity contribution is 5.80. The number of amides is 1. The number of benzene rings is 1. The summed E-state index contributed by atoms with van der Waals surface area (Å²) in [5.41, 5.74) is 7.95. The molecule has 1 aromatic rings. The van der Waals surface area contributed by atoms with Crippen molar-refractivity contribution in [3.05, 3.63) is 35.4 Å². The maximum atomic E-state index is 11.8. The lowest BCUT2D eigenvalue weighted by Gasteiger charge is -2.18. The molecule has 0 saturated heterocycles. The van der Waals surface area contributed by atoms with Crippen molar-refractivity contribution in [2.75, 3.05) is 7.05 Å². The number of nitrogens with zero attached hydrogens (tertiary/aromatic N) is 1. The van der Waals surface area contributed by atoms with Crippen LogP contribution in [0.15, 0.2) is 24.3 Å². The summed E-state index contributed by atoms with van der Waals surface area (Å²) in [4.78, 5) is 13.6. The highest BCUT2D eigenvalue weighted by atomic mass is 16.2. The quantitative estimate of drug-likeness (QED) is 0.832. The van der Waals surface area contributed by atoms with Crippen LogP contribution in [-0.2, 0) is 17.9 Å². The predicted molar refractivity (Wildman–Crippen MR) is 63.5 cm³/mol. The van der Waals surface area contributed by atoms with Gasteiger partial charge in [-0.2, -0.15) is 0 Å². The van der Waals surface area contributed by atoms with Gasteiger partial charge in [-0.25, -0.2) is 0 Å². The molecule has 0 atom stereocenters. The van der Waals surface area contributed by atoms with E-state index in [1.807, 2.05) is 36.2 Å². The van der Waals surface area contributed by atoms with Crippen LogP contribution < -0.4 is 5.73 Å². The molecule has 0 aromatic heterocycles. The first-order chi connectivity index (χ1) is 7.72. The number of carbonyl (C=O) groups is 1. The normalized spacial score (nSPS) is 14.9. The smallest absolute Gasteiger partial charge is 0.225 e. The number of rotatable bonds is 4. The van der Waals surface area contributed by atoms with E-state index in [4.69, 9.17) is 5.73 Å². The third kappa shape index (κ3) is 2.42. The average Bonchev–Trinajstić information content (AvgIpc) is 3.12. The van der Waals surface area contributed by atoms with Crippen molar-refractivity contribution >= 4 is 5.91 Å². The van der Waals surface area contributed by atoms with E-state index in [2.05, 4.69) is 0 Å². The van der Waals surface area contributed by atoms with Crippen molar-refractivity contribution in [2.24, 2.45) is 11.7 Å². The van der Waals surface area contributed by atoms with Crippen molar-refractivity contribution < 1.29 is 4.79 Å². The number of carbonyl (C=O) groups excluding carboxylic acids is 1. The van der Waals surface area contributed by atoms with E-state index in [0.717, 1.165) is 24.0 Å². The van der Waals surface area contributed by atoms with Gasteiger partial charge in [0.1, 0.15) is 0 Å². The first-order valence-corrected chi connectivity index (χ1v) is 5.74. The molecule has 0 spiro atoms. The van der Waals surface area contributed by atoms with Crippen LogP contribution in [0.2, 0.25) is 0 Å². The van der Waals surface area contributed by atoms with Crippen LogP contribution in [0, 0.1) is 5.92 Å². The lowest BCUT2D eigenvalue weighted by Crippen LogP contribution is -2.28. The molecule has 1 aliphatic carbocycles. The zero-order valence-corrected chi connectivity index (χ0v) is 9.65. The fourth-order valence-electron chi connectivity index (χ4n) is 1.89. The van der Waals surface area contributed by atoms with Crippen LogP contribution in [0.1, 0.15) is 24.0 Å². The minimum absolute atomic E-state index is 0.270. The van der Waals surface area contributed by atoms with E-state index >= 15 is 0 Å². The summed E-state index contributed by atoms with van der Waals surface area (Å²) >= 11 is 0. The van der Waals surface area contributed by atoms with Crippen molar-refractivity contribution in [3.8, 4) is 0 Å². The van der Waals surface area contributed by atoms with E-state index < -0.39 is 0 Å². The molecule has 2 rings (SSSR count). The second-order valence-corrected chi connectivity index (χ2v) is 4.44. The molecule has 16 heavy (non-hydrogen) atoms. The zero-order valence-electron chi connectivity index (χ0n) is 9.65. The van der Waals surface area contributed by atoms with E-state index in [1.54, 1.807) is 0 Å². The SMILES string of the molecule is CN(Cc1ccccc1CN)C(=O)C1CC1. The maximum Gasteiger partial charge on any atom is 0.225 e. The monoisotopic (exact) mass is 218 g/mol. The average molecular weight is 218 g/mol. The maximum absolute atomic E-state index is 11.8. The predicted octanol–water partition coefficient (Wildman–Crippen LogP) is 1.51. The van der Waals surface area contributed by atoms with Crippen molar-refractivity contribution in [3.63, 3.8) is 0 Å². The van der Waals surface area contributed by atoms with Gasteiger partial charge in [0.2, 0.25) is 5.91 Å². The van der Waals surface area contributed by atoms with Crippen LogP contribution in [0.5, 0.6) is 0 Å². The molecule has 0 radical (unpaired) electrons. The molecule has 0 aliphatic heterocycles. The topological polar surface area (TPSA) is 46.3 Å². The first-order valence-electron chi connectivity index (χ1n) is 5.74. The summed E-state index contributed by atoms with van der Waals surface area (Å²) in [6, 6.07) is 8.03. The zero-order chi connectivity index (χ0) is 11.5. The molecular weight excluding hydrogens is 200 g/mol. The van der Waals surface area contributed by atoms with Crippen LogP contribution in [0.25, 0.3) is 0 Å². The Morgan fingerprint density at radius 1 is 1.38 bits per heavy atom. The first kappa shape index (κ1) is 11.1. The van der Waals surface area contributed by atoms with E-state index in [0.29, 0.717) is 13.1 Å². The number of hydrogen-bond donors (Lipinski definition) is 1. The molecule has 0 bridgehead atoms. The summed E-state index contributed by atoms with van der Waals surface area (Å²) in [7, 11) is 1.87. The molecule has 1 fully saturated rings. The Morgan fingerprint density at radius 2 is 2.00 bits per heavy atom. The molecule has 3 nitrogen and oxygen atoms in total. The van der Waals surface area contributed by atoms with Gasteiger partial charge in [-0.05, 0) is 24.0 Å². The van der Waals surface area contributed by atoms with Gasteiger partial charge in [-0.3, -0.25) is 4.79 Å². The second-order valence-electron chi connectivity index (χ2n) is 4.44. The molecule has 0 unspecified atom stereocenters. The fraction of sp³-hybridized carbons (Fsp3) is 0.462. The van der Waals surface area contributed by atoms with E-state index in [-0.39, 0.29) is 11.8 Å². The van der Waals surface area contributed by atoms with Gasteiger partial charge in [-0.15, -0.1) is 0 Å². The van der Waals surface area contributed by atoms with E-state index in [9.17, 15) is 4.79 Å². The Bertz CT molecular complexity index is 385. The minimum Gasteiger partial charge on any atom is -0.341 e. The largest absolute Gasteiger partial charge is 0.341 e. The Balaban J connectivity index is 2.04. The van der Waals surface area contributed by atoms with Crippen LogP contribution in [0.4, 0.5) is 0 Å². The highest BCUT2D eigenvalue weighted by Crippen LogP contribution is 2.31. The number of nitrogens with two attached hydrogens (primary N) is 1. The lowest BCUT2D eigenvalue weighted by molar-refractivity contribution is -0.131. The standard InChI is InChI=1S/C13H18N2O/c1-15(13(16)10-6-7-10)9-12-5-3-2-4-11(12)8-14/h2-5,10H,6-9,14H2,1H3. The molecule has 1 amide bonds.